The van der Waals surface area contributed by atoms with Crippen LogP contribution in [-0.2, 0) is 11.2 Å². The maximum absolute atomic E-state index is 12.1. The number of aryl methyl sites for hydroxylation is 2. The van der Waals surface area contributed by atoms with Crippen LogP contribution in [0.5, 0.6) is 0 Å². The van der Waals surface area contributed by atoms with Gasteiger partial charge in [-0.1, -0.05) is 19.1 Å². The molecular formula is C19H20ClN3O2. The van der Waals surface area contributed by atoms with Crippen LogP contribution in [0.15, 0.2) is 42.6 Å². The molecule has 0 saturated heterocycles. The first-order valence-corrected chi connectivity index (χ1v) is 7.83. The number of anilines is 2. The number of aromatic nitrogens is 2. The first kappa shape index (κ1) is 18.7. The molecule has 0 aliphatic carbocycles. The van der Waals surface area contributed by atoms with Gasteiger partial charge in [-0.25, -0.2) is 14.8 Å². The van der Waals surface area contributed by atoms with Gasteiger partial charge in [0.05, 0.1) is 12.8 Å². The topological polar surface area (TPSA) is 64.1 Å². The molecular weight excluding hydrogens is 338 g/mol. The highest BCUT2D eigenvalue weighted by Gasteiger charge is 2.17. The van der Waals surface area contributed by atoms with E-state index in [9.17, 15) is 4.79 Å². The van der Waals surface area contributed by atoms with Gasteiger partial charge in [0.2, 0.25) is 0 Å². The molecule has 0 aliphatic rings. The Hall–Kier alpha value is -2.66. The number of hydrogen-bond donors (Lipinski definition) is 1. The molecule has 2 aromatic heterocycles. The molecule has 0 unspecified atom stereocenters. The maximum atomic E-state index is 12.1. The Morgan fingerprint density at radius 2 is 2.04 bits per heavy atom. The largest absolute Gasteiger partial charge is 0.465 e. The number of rotatable bonds is 4. The summed E-state index contributed by atoms with van der Waals surface area (Å²) < 4.78 is 4.89. The number of ether oxygens (including phenoxy) is 1. The van der Waals surface area contributed by atoms with Crippen LogP contribution >= 0.6 is 12.4 Å². The minimum atomic E-state index is -0.431. The Morgan fingerprint density at radius 1 is 1.24 bits per heavy atom. The molecule has 3 rings (SSSR count). The highest BCUT2D eigenvalue weighted by Crippen LogP contribution is 2.29. The van der Waals surface area contributed by atoms with E-state index in [1.165, 1.54) is 18.9 Å². The average molecular weight is 358 g/mol. The van der Waals surface area contributed by atoms with E-state index in [0.29, 0.717) is 16.9 Å². The summed E-state index contributed by atoms with van der Waals surface area (Å²) in [6, 6.07) is 11.9. The van der Waals surface area contributed by atoms with Crippen molar-refractivity contribution < 1.29 is 9.53 Å². The lowest BCUT2D eigenvalue weighted by Gasteiger charge is -2.14. The van der Waals surface area contributed by atoms with E-state index in [4.69, 9.17) is 4.74 Å². The lowest BCUT2D eigenvalue weighted by molar-refractivity contribution is 0.0601. The number of pyridine rings is 2. The predicted octanol–water partition coefficient (Wildman–Crippen LogP) is 4.45. The number of halogens is 1. The smallest absolute Gasteiger partial charge is 0.341 e. The normalized spacial score (nSPS) is 10.2. The van der Waals surface area contributed by atoms with Crippen molar-refractivity contribution >= 4 is 40.8 Å². The number of nitrogens with one attached hydrogen (secondary N) is 1. The number of esters is 1. The molecule has 0 atom stereocenters. The van der Waals surface area contributed by atoms with Gasteiger partial charge in [-0.3, -0.25) is 0 Å². The maximum Gasteiger partial charge on any atom is 0.341 e. The molecule has 0 fully saturated rings. The van der Waals surface area contributed by atoms with Gasteiger partial charge in [0.15, 0.2) is 5.65 Å². The Kier molecular flexibility index (Phi) is 5.93. The average Bonchev–Trinajstić information content (AvgIpc) is 2.61. The van der Waals surface area contributed by atoms with E-state index >= 15 is 0 Å². The molecule has 6 heteroatoms. The first-order valence-electron chi connectivity index (χ1n) is 7.83. The summed E-state index contributed by atoms with van der Waals surface area (Å²) in [7, 11) is 1.36. The van der Waals surface area contributed by atoms with Crippen molar-refractivity contribution in [1.29, 1.82) is 0 Å². The van der Waals surface area contributed by atoms with Gasteiger partial charge in [0, 0.05) is 23.0 Å². The van der Waals surface area contributed by atoms with Crippen LogP contribution in [-0.4, -0.2) is 23.0 Å². The van der Waals surface area contributed by atoms with Gasteiger partial charge < -0.3 is 10.1 Å². The molecule has 2 heterocycles. The molecule has 5 nitrogen and oxygen atoms in total. The number of carbonyl (C=O) groups is 1. The second-order valence-electron chi connectivity index (χ2n) is 5.54. The molecule has 25 heavy (non-hydrogen) atoms. The highest BCUT2D eigenvalue weighted by atomic mass is 35.5. The monoisotopic (exact) mass is 357 g/mol. The Morgan fingerprint density at radius 3 is 2.76 bits per heavy atom. The Labute approximate surface area is 152 Å². The fourth-order valence-corrected chi connectivity index (χ4v) is 2.58. The summed E-state index contributed by atoms with van der Waals surface area (Å²) in [5.41, 5.74) is 4.64. The van der Waals surface area contributed by atoms with Gasteiger partial charge in [-0.15, -0.1) is 12.4 Å². The van der Waals surface area contributed by atoms with E-state index in [2.05, 4.69) is 34.3 Å². The standard InChI is InChI=1S/C19H19N3O2.ClH/c1-4-13-6-5-7-14(10-13)22-17-15-9-8-12(2)21-18(15)20-11-16(17)19(23)24-3;/h5-11H,4H2,1-3H3,(H,20,21,22);1H. The lowest BCUT2D eigenvalue weighted by Crippen LogP contribution is -2.08. The van der Waals surface area contributed by atoms with Crippen molar-refractivity contribution in [3.8, 4) is 0 Å². The molecule has 0 aliphatic heterocycles. The third kappa shape index (κ3) is 3.88. The predicted molar refractivity (Wildman–Crippen MR) is 102 cm³/mol. The third-order valence-corrected chi connectivity index (χ3v) is 3.88. The first-order chi connectivity index (χ1) is 11.6. The summed E-state index contributed by atoms with van der Waals surface area (Å²) in [5.74, 6) is -0.431. The van der Waals surface area contributed by atoms with Crippen molar-refractivity contribution in [2.75, 3.05) is 12.4 Å². The van der Waals surface area contributed by atoms with Crippen LogP contribution in [0.4, 0.5) is 11.4 Å². The summed E-state index contributed by atoms with van der Waals surface area (Å²) in [6.45, 7) is 4.01. The Balaban J connectivity index is 0.00000225. The van der Waals surface area contributed by atoms with E-state index in [0.717, 1.165) is 23.2 Å². The summed E-state index contributed by atoms with van der Waals surface area (Å²) >= 11 is 0. The Bertz CT molecular complexity index is 912. The van der Waals surface area contributed by atoms with Crippen LogP contribution in [0.3, 0.4) is 0 Å². The number of nitrogens with zero attached hydrogens (tertiary/aromatic N) is 2. The van der Waals surface area contributed by atoms with E-state index in [1.807, 2.05) is 31.2 Å². The van der Waals surface area contributed by atoms with Crippen LogP contribution in [0.25, 0.3) is 11.0 Å². The molecule has 0 spiro atoms. The minimum Gasteiger partial charge on any atom is -0.465 e. The fraction of sp³-hybridized carbons (Fsp3) is 0.211. The number of benzene rings is 1. The van der Waals surface area contributed by atoms with Gasteiger partial charge in [-0.05, 0) is 43.2 Å². The van der Waals surface area contributed by atoms with Crippen LogP contribution in [0, 0.1) is 6.92 Å². The minimum absolute atomic E-state index is 0. The van der Waals surface area contributed by atoms with Gasteiger partial charge >= 0.3 is 5.97 Å². The summed E-state index contributed by atoms with van der Waals surface area (Å²) in [6.07, 6.45) is 2.45. The zero-order chi connectivity index (χ0) is 17.1. The number of fused-ring (bicyclic) bond motifs is 1. The molecule has 1 N–H and O–H groups in total. The van der Waals surface area contributed by atoms with Crippen molar-refractivity contribution in [2.24, 2.45) is 0 Å². The SMILES string of the molecule is CCc1cccc(Nc2c(C(=O)OC)cnc3nc(C)ccc23)c1.Cl. The number of methoxy groups -OCH3 is 1. The fourth-order valence-electron chi connectivity index (χ4n) is 2.58. The number of carbonyl (C=O) groups excluding carboxylic acids is 1. The molecule has 130 valence electrons. The van der Waals surface area contributed by atoms with Crippen molar-refractivity contribution in [3.63, 3.8) is 0 Å². The second-order valence-corrected chi connectivity index (χ2v) is 5.54. The molecule has 1 aromatic carbocycles. The zero-order valence-corrected chi connectivity index (χ0v) is 15.2. The van der Waals surface area contributed by atoms with E-state index < -0.39 is 5.97 Å². The van der Waals surface area contributed by atoms with Gasteiger partial charge in [0.25, 0.3) is 0 Å². The molecule has 0 saturated carbocycles. The van der Waals surface area contributed by atoms with Crippen LogP contribution in [0.2, 0.25) is 0 Å². The van der Waals surface area contributed by atoms with Crippen LogP contribution < -0.4 is 5.32 Å². The van der Waals surface area contributed by atoms with Crippen molar-refractivity contribution in [2.45, 2.75) is 20.3 Å². The molecule has 0 radical (unpaired) electrons. The molecule has 3 aromatic rings. The van der Waals surface area contributed by atoms with Crippen molar-refractivity contribution in [3.05, 3.63) is 59.4 Å². The van der Waals surface area contributed by atoms with Crippen LogP contribution in [0.1, 0.15) is 28.5 Å². The lowest BCUT2D eigenvalue weighted by atomic mass is 10.1. The summed E-state index contributed by atoms with van der Waals surface area (Å²) in [4.78, 5) is 20.9. The molecule has 0 bridgehead atoms. The van der Waals surface area contributed by atoms with Gasteiger partial charge in [0.1, 0.15) is 5.56 Å². The van der Waals surface area contributed by atoms with E-state index in [1.54, 1.807) is 0 Å². The zero-order valence-electron chi connectivity index (χ0n) is 14.4. The highest BCUT2D eigenvalue weighted by molar-refractivity contribution is 6.05. The summed E-state index contributed by atoms with van der Waals surface area (Å²) in [5, 5.41) is 4.13. The van der Waals surface area contributed by atoms with E-state index in [-0.39, 0.29) is 12.4 Å². The van der Waals surface area contributed by atoms with Gasteiger partial charge in [-0.2, -0.15) is 0 Å². The third-order valence-electron chi connectivity index (χ3n) is 3.88. The quantitative estimate of drug-likeness (QED) is 0.699. The number of hydrogen-bond acceptors (Lipinski definition) is 5. The second kappa shape index (κ2) is 7.94. The molecule has 0 amide bonds. The van der Waals surface area contributed by atoms with Crippen molar-refractivity contribution in [1.82, 2.24) is 9.97 Å².